The van der Waals surface area contributed by atoms with Crippen LogP contribution in [-0.2, 0) is 16.0 Å². The lowest BCUT2D eigenvalue weighted by Gasteiger charge is -2.40. The summed E-state index contributed by atoms with van der Waals surface area (Å²) in [4.78, 5) is 31.9. The van der Waals surface area contributed by atoms with Crippen LogP contribution in [0.4, 0.5) is 0 Å². The molecule has 200 valence electrons. The number of benzene rings is 2. The maximum Gasteiger partial charge on any atom is 0.247 e. The Bertz CT molecular complexity index is 1300. The van der Waals surface area contributed by atoms with E-state index >= 15 is 0 Å². The predicted octanol–water partition coefficient (Wildman–Crippen LogP) is 3.05. The Kier molecular flexibility index (Phi) is 7.81. The van der Waals surface area contributed by atoms with Gasteiger partial charge in [0.1, 0.15) is 18.0 Å². The van der Waals surface area contributed by atoms with Gasteiger partial charge in [0, 0.05) is 48.3 Å². The number of H-pyrrole nitrogens is 1. The number of fused-ring (bicyclic) bond motifs is 4. The number of nitrogens with zero attached hydrogens (tertiary/aromatic N) is 1. The summed E-state index contributed by atoms with van der Waals surface area (Å²) in [6.07, 6.45) is 2.57. The summed E-state index contributed by atoms with van der Waals surface area (Å²) >= 11 is 0. The van der Waals surface area contributed by atoms with Gasteiger partial charge in [-0.2, -0.15) is 0 Å². The SMILES string of the molecule is CCCCC(=O)N(CCc1cc2ccccc2[nH]1)[C@@H]1C=C(C(=O)NCCO)[C@@H]2c3ccccc3O[C@@H]2[C@H]1O. The molecule has 4 atom stereocenters. The van der Waals surface area contributed by atoms with E-state index in [0.717, 1.165) is 35.0 Å². The second-order valence-corrected chi connectivity index (χ2v) is 10.0. The summed E-state index contributed by atoms with van der Waals surface area (Å²) < 4.78 is 6.19. The third kappa shape index (κ3) is 5.06. The highest BCUT2D eigenvalue weighted by atomic mass is 16.5. The van der Waals surface area contributed by atoms with Crippen molar-refractivity contribution in [1.82, 2.24) is 15.2 Å². The average molecular weight is 518 g/mol. The number of ether oxygens (including phenoxy) is 1. The smallest absolute Gasteiger partial charge is 0.247 e. The number of hydrogen-bond acceptors (Lipinski definition) is 5. The van der Waals surface area contributed by atoms with Gasteiger partial charge in [0.2, 0.25) is 11.8 Å². The largest absolute Gasteiger partial charge is 0.486 e. The molecule has 0 saturated heterocycles. The molecule has 8 nitrogen and oxygen atoms in total. The Hall–Kier alpha value is -3.62. The molecule has 2 aromatic carbocycles. The van der Waals surface area contributed by atoms with Crippen molar-refractivity contribution in [1.29, 1.82) is 0 Å². The lowest BCUT2D eigenvalue weighted by Crippen LogP contribution is -2.56. The standard InChI is InChI=1S/C30H35N3O5/c1-2-3-12-26(35)33(15-13-20-17-19-8-4-6-10-23(19)32-20)24-18-22(30(37)31-14-16-34)27-21-9-5-7-11-25(21)38-29(27)28(24)36/h4-11,17-18,24,27-29,32,34,36H,2-3,12-16H2,1H3,(H,31,37)/t24-,27+,28+,29+/m1/s1. The molecule has 4 N–H and O–H groups in total. The quantitative estimate of drug-likeness (QED) is 0.330. The van der Waals surface area contributed by atoms with Gasteiger partial charge in [0.15, 0.2) is 0 Å². The lowest BCUT2D eigenvalue weighted by molar-refractivity contribution is -0.137. The van der Waals surface area contributed by atoms with Gasteiger partial charge in [0.25, 0.3) is 0 Å². The Labute approximate surface area is 222 Å². The van der Waals surface area contributed by atoms with Crippen LogP contribution in [0.3, 0.4) is 0 Å². The van der Waals surface area contributed by atoms with Crippen LogP contribution in [0.2, 0.25) is 0 Å². The minimum Gasteiger partial charge on any atom is -0.486 e. The lowest BCUT2D eigenvalue weighted by atomic mass is 9.77. The number of rotatable bonds is 10. The van der Waals surface area contributed by atoms with Crippen molar-refractivity contribution in [3.05, 3.63) is 77.5 Å². The van der Waals surface area contributed by atoms with E-state index in [1.165, 1.54) is 0 Å². The van der Waals surface area contributed by atoms with Crippen molar-refractivity contribution in [3.8, 4) is 5.75 Å². The van der Waals surface area contributed by atoms with Gasteiger partial charge in [-0.1, -0.05) is 49.7 Å². The molecule has 1 aromatic heterocycles. The first-order valence-corrected chi connectivity index (χ1v) is 13.4. The Morgan fingerprint density at radius 1 is 1.13 bits per heavy atom. The number of hydrogen-bond donors (Lipinski definition) is 4. The van der Waals surface area contributed by atoms with Crippen molar-refractivity contribution >= 4 is 22.7 Å². The molecule has 1 aliphatic carbocycles. The van der Waals surface area contributed by atoms with Crippen LogP contribution in [0.15, 0.2) is 66.2 Å². The van der Waals surface area contributed by atoms with Crippen LogP contribution in [-0.4, -0.2) is 69.9 Å². The topological polar surface area (TPSA) is 115 Å². The molecule has 0 bridgehead atoms. The van der Waals surface area contributed by atoms with Crippen molar-refractivity contribution in [2.75, 3.05) is 19.7 Å². The van der Waals surface area contributed by atoms with Crippen molar-refractivity contribution in [2.24, 2.45) is 0 Å². The molecule has 2 amide bonds. The van der Waals surface area contributed by atoms with Gasteiger partial charge in [0.05, 0.1) is 18.6 Å². The number of amides is 2. The predicted molar refractivity (Wildman–Crippen MR) is 145 cm³/mol. The molecule has 3 aromatic rings. The zero-order valence-electron chi connectivity index (χ0n) is 21.6. The first kappa shape index (κ1) is 26.0. The van der Waals surface area contributed by atoms with Crippen LogP contribution in [0.1, 0.15) is 43.4 Å². The van der Waals surface area contributed by atoms with Gasteiger partial charge < -0.3 is 30.2 Å². The fourth-order valence-corrected chi connectivity index (χ4v) is 5.61. The summed E-state index contributed by atoms with van der Waals surface area (Å²) in [6.45, 7) is 2.35. The summed E-state index contributed by atoms with van der Waals surface area (Å²) in [6, 6.07) is 16.9. The van der Waals surface area contributed by atoms with E-state index in [1.54, 1.807) is 11.0 Å². The fraction of sp³-hybridized carbons (Fsp3) is 0.400. The zero-order valence-corrected chi connectivity index (χ0v) is 21.6. The summed E-state index contributed by atoms with van der Waals surface area (Å²) in [5, 5.41) is 24.7. The molecule has 5 rings (SSSR count). The second kappa shape index (κ2) is 11.4. The highest BCUT2D eigenvalue weighted by Crippen LogP contribution is 2.47. The van der Waals surface area contributed by atoms with E-state index in [0.29, 0.717) is 30.7 Å². The van der Waals surface area contributed by atoms with Gasteiger partial charge in [-0.25, -0.2) is 0 Å². The van der Waals surface area contributed by atoms with E-state index in [2.05, 4.69) is 16.4 Å². The molecule has 38 heavy (non-hydrogen) atoms. The molecule has 8 heteroatoms. The molecular formula is C30H35N3O5. The first-order chi connectivity index (χ1) is 18.5. The highest BCUT2D eigenvalue weighted by molar-refractivity contribution is 5.96. The number of aromatic amines is 1. The number of aliphatic hydroxyl groups excluding tert-OH is 2. The number of para-hydroxylation sites is 2. The number of carbonyl (C=O) groups excluding carboxylic acids is 2. The van der Waals surface area contributed by atoms with E-state index in [1.807, 2.05) is 55.5 Å². The van der Waals surface area contributed by atoms with E-state index in [9.17, 15) is 19.8 Å². The number of carbonyl (C=O) groups is 2. The van der Waals surface area contributed by atoms with E-state index < -0.39 is 24.2 Å². The first-order valence-electron chi connectivity index (χ1n) is 13.4. The van der Waals surface area contributed by atoms with Crippen LogP contribution < -0.4 is 10.1 Å². The molecular weight excluding hydrogens is 482 g/mol. The minimum atomic E-state index is -1.02. The number of unbranched alkanes of at least 4 members (excludes halogenated alkanes) is 1. The van der Waals surface area contributed by atoms with Gasteiger partial charge in [-0.15, -0.1) is 0 Å². The maximum absolute atomic E-state index is 13.5. The third-order valence-corrected chi connectivity index (χ3v) is 7.51. The molecule has 2 aliphatic rings. The van der Waals surface area contributed by atoms with Crippen molar-refractivity contribution < 1.29 is 24.5 Å². The van der Waals surface area contributed by atoms with Crippen LogP contribution in [0, 0.1) is 0 Å². The van der Waals surface area contributed by atoms with Crippen LogP contribution in [0.25, 0.3) is 10.9 Å². The van der Waals surface area contributed by atoms with Gasteiger partial charge in [-0.3, -0.25) is 9.59 Å². The Morgan fingerprint density at radius 3 is 2.71 bits per heavy atom. The molecule has 2 heterocycles. The highest BCUT2D eigenvalue weighted by Gasteiger charge is 2.50. The normalized spacial score (nSPS) is 21.8. The van der Waals surface area contributed by atoms with Gasteiger partial charge in [-0.05, 0) is 36.1 Å². The minimum absolute atomic E-state index is 0.0626. The van der Waals surface area contributed by atoms with E-state index in [-0.39, 0.29) is 25.0 Å². The monoisotopic (exact) mass is 517 g/mol. The summed E-state index contributed by atoms with van der Waals surface area (Å²) in [5.74, 6) is -0.224. The summed E-state index contributed by atoms with van der Waals surface area (Å²) in [5.41, 5.74) is 3.31. The average Bonchev–Trinajstić information content (AvgIpc) is 3.53. The van der Waals surface area contributed by atoms with E-state index in [4.69, 9.17) is 4.74 Å². The number of aromatic nitrogens is 1. The fourth-order valence-electron chi connectivity index (χ4n) is 5.61. The number of aliphatic hydroxyl groups is 2. The van der Waals surface area contributed by atoms with Crippen LogP contribution >= 0.6 is 0 Å². The van der Waals surface area contributed by atoms with Crippen LogP contribution in [0.5, 0.6) is 5.75 Å². The Balaban J connectivity index is 1.48. The number of nitrogens with one attached hydrogen (secondary N) is 2. The molecule has 0 radical (unpaired) electrons. The molecule has 1 aliphatic heterocycles. The maximum atomic E-state index is 13.5. The molecule has 0 fully saturated rings. The molecule has 0 unspecified atom stereocenters. The van der Waals surface area contributed by atoms with Crippen molar-refractivity contribution in [3.63, 3.8) is 0 Å². The molecule has 0 spiro atoms. The zero-order chi connectivity index (χ0) is 26.6. The van der Waals surface area contributed by atoms with Gasteiger partial charge >= 0.3 is 0 Å². The molecule has 0 saturated carbocycles. The third-order valence-electron chi connectivity index (χ3n) is 7.51. The van der Waals surface area contributed by atoms with Crippen molar-refractivity contribution in [2.45, 2.75) is 56.8 Å². The Morgan fingerprint density at radius 2 is 1.92 bits per heavy atom. The summed E-state index contributed by atoms with van der Waals surface area (Å²) in [7, 11) is 0. The second-order valence-electron chi connectivity index (χ2n) is 10.0.